The summed E-state index contributed by atoms with van der Waals surface area (Å²) < 4.78 is 16.4. The van der Waals surface area contributed by atoms with E-state index in [-0.39, 0.29) is 13.3 Å². The first-order valence-electron chi connectivity index (χ1n) is 10.4. The van der Waals surface area contributed by atoms with Gasteiger partial charge in [0.2, 0.25) is 6.79 Å². The maximum Gasteiger partial charge on any atom is 0.259 e. The monoisotopic (exact) mass is 445 g/mol. The molecule has 0 saturated carbocycles. The van der Waals surface area contributed by atoms with Gasteiger partial charge in [-0.25, -0.2) is 5.43 Å². The molecule has 0 aromatic heterocycles. The second-order valence-electron chi connectivity index (χ2n) is 7.36. The molecule has 3 aromatic rings. The van der Waals surface area contributed by atoms with Gasteiger partial charge in [0.05, 0.1) is 12.8 Å². The van der Waals surface area contributed by atoms with Crippen LogP contribution in [0.4, 0.5) is 0 Å². The smallest absolute Gasteiger partial charge is 0.259 e. The molecule has 3 aromatic carbocycles. The zero-order valence-corrected chi connectivity index (χ0v) is 18.0. The number of carbonyl (C=O) groups excluding carboxylic acids is 2. The normalized spacial score (nSPS) is 11.9. The van der Waals surface area contributed by atoms with E-state index in [4.69, 9.17) is 14.2 Å². The number of hydrazone groups is 1. The highest BCUT2D eigenvalue weighted by Crippen LogP contribution is 2.32. The molecule has 0 radical (unpaired) electrons. The third kappa shape index (κ3) is 5.88. The average molecular weight is 445 g/mol. The second kappa shape index (κ2) is 10.3. The van der Waals surface area contributed by atoms with Gasteiger partial charge in [0.25, 0.3) is 11.8 Å². The molecule has 1 heterocycles. The van der Waals surface area contributed by atoms with Gasteiger partial charge < -0.3 is 19.5 Å². The fraction of sp³-hybridized carbons (Fsp3) is 0.160. The summed E-state index contributed by atoms with van der Waals surface area (Å²) >= 11 is 0. The molecule has 0 aliphatic carbocycles. The highest BCUT2D eigenvalue weighted by molar-refractivity contribution is 5.97. The molecule has 1 aliphatic heterocycles. The summed E-state index contributed by atoms with van der Waals surface area (Å²) in [5.41, 5.74) is 5.73. The molecule has 1 aliphatic rings. The van der Waals surface area contributed by atoms with Gasteiger partial charge in [-0.05, 0) is 42.8 Å². The van der Waals surface area contributed by atoms with Crippen LogP contribution in [0.1, 0.15) is 27.0 Å². The zero-order chi connectivity index (χ0) is 23.0. The van der Waals surface area contributed by atoms with E-state index in [0.717, 1.165) is 5.56 Å². The predicted molar refractivity (Wildman–Crippen MR) is 123 cm³/mol. The van der Waals surface area contributed by atoms with Gasteiger partial charge in [0.1, 0.15) is 12.4 Å². The van der Waals surface area contributed by atoms with Crippen LogP contribution in [0.2, 0.25) is 0 Å². The number of nitrogens with one attached hydrogen (secondary N) is 2. The third-order valence-corrected chi connectivity index (χ3v) is 4.87. The number of hydrogen-bond acceptors (Lipinski definition) is 6. The van der Waals surface area contributed by atoms with Gasteiger partial charge in [-0.15, -0.1) is 0 Å². The van der Waals surface area contributed by atoms with Crippen LogP contribution >= 0.6 is 0 Å². The first kappa shape index (κ1) is 21.9. The minimum Gasteiger partial charge on any atom is -0.488 e. The fourth-order valence-electron chi connectivity index (χ4n) is 3.08. The van der Waals surface area contributed by atoms with Crippen molar-refractivity contribution in [2.24, 2.45) is 5.10 Å². The van der Waals surface area contributed by atoms with Crippen molar-refractivity contribution in [3.8, 4) is 17.2 Å². The van der Waals surface area contributed by atoms with Gasteiger partial charge in [-0.1, -0.05) is 42.0 Å². The molecule has 0 fully saturated rings. The molecule has 0 spiro atoms. The standard InChI is InChI=1S/C25H23N3O5/c1-17-6-8-18(9-7-17)15-31-21-5-3-2-4-20(21)13-27-28-24(29)14-26-25(30)19-10-11-22-23(12-19)33-16-32-22/h2-13H,14-16H2,1H3,(H,26,30)(H,28,29)/b27-13+. The van der Waals surface area contributed by atoms with E-state index < -0.39 is 11.8 Å². The maximum atomic E-state index is 12.3. The number of fused-ring (bicyclic) bond motifs is 1. The number of nitrogens with zero attached hydrogens (tertiary/aromatic N) is 1. The lowest BCUT2D eigenvalue weighted by Crippen LogP contribution is -2.34. The minimum absolute atomic E-state index is 0.126. The summed E-state index contributed by atoms with van der Waals surface area (Å²) in [6, 6.07) is 20.3. The first-order chi connectivity index (χ1) is 16.1. The Morgan fingerprint density at radius 2 is 1.82 bits per heavy atom. The molecule has 0 saturated heterocycles. The van der Waals surface area contributed by atoms with Crippen molar-refractivity contribution in [3.63, 3.8) is 0 Å². The van der Waals surface area contributed by atoms with E-state index in [1.54, 1.807) is 18.2 Å². The van der Waals surface area contributed by atoms with Crippen LogP contribution in [-0.4, -0.2) is 31.4 Å². The summed E-state index contributed by atoms with van der Waals surface area (Å²) in [5.74, 6) is 0.870. The number of benzene rings is 3. The van der Waals surface area contributed by atoms with Crippen LogP contribution in [0.25, 0.3) is 0 Å². The molecular weight excluding hydrogens is 422 g/mol. The Hall–Kier alpha value is -4.33. The minimum atomic E-state index is -0.460. The van der Waals surface area contributed by atoms with Gasteiger partial charge in [-0.3, -0.25) is 9.59 Å². The number of hydrogen-bond donors (Lipinski definition) is 2. The number of rotatable bonds is 8. The molecule has 33 heavy (non-hydrogen) atoms. The third-order valence-electron chi connectivity index (χ3n) is 4.87. The molecule has 0 bridgehead atoms. The Morgan fingerprint density at radius 3 is 2.67 bits per heavy atom. The van der Waals surface area contributed by atoms with Gasteiger partial charge in [-0.2, -0.15) is 5.10 Å². The lowest BCUT2D eigenvalue weighted by molar-refractivity contribution is -0.120. The topological polar surface area (TPSA) is 98.2 Å². The Labute approximate surface area is 191 Å². The molecule has 8 nitrogen and oxygen atoms in total. The fourth-order valence-corrected chi connectivity index (χ4v) is 3.08. The van der Waals surface area contributed by atoms with E-state index in [0.29, 0.717) is 35.0 Å². The average Bonchev–Trinajstić information content (AvgIpc) is 3.31. The quantitative estimate of drug-likeness (QED) is 0.410. The van der Waals surface area contributed by atoms with Crippen molar-refractivity contribution >= 4 is 18.0 Å². The summed E-state index contributed by atoms with van der Waals surface area (Å²) in [4.78, 5) is 24.3. The highest BCUT2D eigenvalue weighted by Gasteiger charge is 2.16. The molecule has 0 atom stereocenters. The van der Waals surface area contributed by atoms with Gasteiger partial charge in [0.15, 0.2) is 11.5 Å². The molecular formula is C25H23N3O5. The Morgan fingerprint density at radius 1 is 1.03 bits per heavy atom. The molecule has 8 heteroatoms. The summed E-state index contributed by atoms with van der Waals surface area (Å²) in [7, 11) is 0. The van der Waals surface area contributed by atoms with Crippen molar-refractivity contribution in [1.82, 2.24) is 10.7 Å². The molecule has 168 valence electrons. The predicted octanol–water partition coefficient (Wildman–Crippen LogP) is 3.18. The SMILES string of the molecule is Cc1ccc(COc2ccccc2/C=N/NC(=O)CNC(=O)c2ccc3c(c2)OCO3)cc1. The maximum absolute atomic E-state index is 12.3. The van der Waals surface area contributed by atoms with Crippen LogP contribution in [0.5, 0.6) is 17.2 Å². The summed E-state index contributed by atoms with van der Waals surface area (Å²) in [6.07, 6.45) is 1.50. The highest BCUT2D eigenvalue weighted by atomic mass is 16.7. The number of para-hydroxylation sites is 1. The number of ether oxygens (including phenoxy) is 3. The van der Waals surface area contributed by atoms with Crippen LogP contribution in [0.3, 0.4) is 0 Å². The lowest BCUT2D eigenvalue weighted by Gasteiger charge is -2.09. The van der Waals surface area contributed by atoms with Crippen molar-refractivity contribution in [1.29, 1.82) is 0 Å². The number of aryl methyl sites for hydroxylation is 1. The Kier molecular flexibility index (Phi) is 6.84. The largest absolute Gasteiger partial charge is 0.488 e. The number of carbonyl (C=O) groups is 2. The van der Waals surface area contributed by atoms with Crippen molar-refractivity contribution < 1.29 is 23.8 Å². The molecule has 4 rings (SSSR count). The van der Waals surface area contributed by atoms with Crippen molar-refractivity contribution in [3.05, 3.63) is 89.0 Å². The van der Waals surface area contributed by atoms with Crippen LogP contribution in [0, 0.1) is 6.92 Å². The van der Waals surface area contributed by atoms with Gasteiger partial charge in [0, 0.05) is 11.1 Å². The van der Waals surface area contributed by atoms with Crippen molar-refractivity contribution in [2.45, 2.75) is 13.5 Å². The number of amides is 2. The van der Waals surface area contributed by atoms with Crippen LogP contribution in [0.15, 0.2) is 71.8 Å². The van der Waals surface area contributed by atoms with Crippen LogP contribution in [-0.2, 0) is 11.4 Å². The summed E-state index contributed by atoms with van der Waals surface area (Å²) in [6.45, 7) is 2.36. The lowest BCUT2D eigenvalue weighted by atomic mass is 10.1. The second-order valence-corrected chi connectivity index (χ2v) is 7.36. The Bertz CT molecular complexity index is 1170. The van der Waals surface area contributed by atoms with Crippen LogP contribution < -0.4 is 25.0 Å². The molecule has 2 N–H and O–H groups in total. The zero-order valence-electron chi connectivity index (χ0n) is 18.0. The van der Waals surface area contributed by atoms with E-state index >= 15 is 0 Å². The van der Waals surface area contributed by atoms with E-state index in [1.807, 2.05) is 55.5 Å². The van der Waals surface area contributed by atoms with E-state index in [2.05, 4.69) is 15.8 Å². The van der Waals surface area contributed by atoms with Crippen molar-refractivity contribution in [2.75, 3.05) is 13.3 Å². The van der Waals surface area contributed by atoms with E-state index in [1.165, 1.54) is 11.8 Å². The van der Waals surface area contributed by atoms with E-state index in [9.17, 15) is 9.59 Å². The first-order valence-corrected chi connectivity index (χ1v) is 10.4. The molecule has 0 unspecified atom stereocenters. The summed E-state index contributed by atoms with van der Waals surface area (Å²) in [5, 5.41) is 6.52. The Balaban J connectivity index is 1.27. The van der Waals surface area contributed by atoms with Gasteiger partial charge >= 0.3 is 0 Å². The molecule has 2 amide bonds.